The van der Waals surface area contributed by atoms with E-state index in [1.165, 1.54) is 18.2 Å². The molecule has 0 fully saturated rings. The van der Waals surface area contributed by atoms with Crippen LogP contribution in [0.25, 0.3) is 0 Å². The van der Waals surface area contributed by atoms with Crippen molar-refractivity contribution in [1.82, 2.24) is 4.98 Å². The molecule has 3 rings (SSSR count). The van der Waals surface area contributed by atoms with Gasteiger partial charge in [-0.3, -0.25) is 9.00 Å². The van der Waals surface area contributed by atoms with Crippen molar-refractivity contribution < 1.29 is 31.1 Å². The van der Waals surface area contributed by atoms with Gasteiger partial charge in [-0.05, 0) is 66.4 Å². The van der Waals surface area contributed by atoms with E-state index in [4.69, 9.17) is 17.3 Å². The van der Waals surface area contributed by atoms with Gasteiger partial charge in [0.25, 0.3) is 0 Å². The molecule has 1 heterocycles. The second kappa shape index (κ2) is 11.2. The summed E-state index contributed by atoms with van der Waals surface area (Å²) in [4.78, 5) is 15.9. The number of nitrogens with two attached hydrogens (primary N) is 1. The molecule has 2 unspecified atom stereocenters. The zero-order valence-corrected chi connectivity index (χ0v) is 20.3. The number of nitrogens with zero attached hydrogens (tertiary/aromatic N) is 2. The lowest BCUT2D eigenvalue weighted by molar-refractivity contribution is -0.141. The van der Waals surface area contributed by atoms with Crippen LogP contribution in [0.4, 0.5) is 34.8 Å². The topological polar surface area (TPSA) is 111 Å². The molecule has 0 aliphatic heterocycles. The maximum Gasteiger partial charge on any atom is 0.433 e. The van der Waals surface area contributed by atoms with Crippen molar-refractivity contribution in [2.75, 3.05) is 16.7 Å². The Labute approximate surface area is 211 Å². The Kier molecular flexibility index (Phi) is 8.54. The summed E-state index contributed by atoms with van der Waals surface area (Å²) >= 11 is 3.16. The predicted molar refractivity (Wildman–Crippen MR) is 128 cm³/mol. The monoisotopic (exact) mass is 543 g/mol. The zero-order chi connectivity index (χ0) is 26.6. The lowest BCUT2D eigenvalue weighted by Crippen LogP contribution is -2.23. The van der Waals surface area contributed by atoms with Crippen molar-refractivity contribution in [3.8, 4) is 0 Å². The number of aromatic nitrogens is 1. The zero-order valence-electron chi connectivity index (χ0n) is 18.7. The number of nitrogens with one attached hydrogen (secondary N) is 1. The molecule has 7 nitrogen and oxygen atoms in total. The van der Waals surface area contributed by atoms with Crippen molar-refractivity contribution in [3.63, 3.8) is 0 Å². The van der Waals surface area contributed by atoms with E-state index in [0.717, 1.165) is 19.2 Å². The normalized spacial score (nSPS) is 13.2. The molecule has 0 saturated carbocycles. The van der Waals surface area contributed by atoms with Crippen molar-refractivity contribution in [2.24, 2.45) is 5.73 Å². The minimum absolute atomic E-state index is 0.0276. The number of carbonyl (C=O) groups is 1. The number of aryl methyl sites for hydroxylation is 1. The predicted octanol–water partition coefficient (Wildman–Crippen LogP) is 5.07. The Balaban J connectivity index is 1.89. The molecule has 2 atom stereocenters. The molecule has 0 radical (unpaired) electrons. The molecule has 3 aromatic rings. The number of carbonyl (C=O) groups excluding carboxylic acids is 1. The van der Waals surface area contributed by atoms with Gasteiger partial charge >= 0.3 is 6.18 Å². The van der Waals surface area contributed by atoms with Gasteiger partial charge < -0.3 is 19.9 Å². The van der Waals surface area contributed by atoms with E-state index in [1.807, 2.05) is 0 Å². The first-order valence-electron chi connectivity index (χ1n) is 10.4. The number of amides is 1. The Morgan fingerprint density at radius 1 is 1.19 bits per heavy atom. The average molecular weight is 544 g/mol. The van der Waals surface area contributed by atoms with Crippen LogP contribution in [-0.4, -0.2) is 26.7 Å². The second-order valence-corrected chi connectivity index (χ2v) is 9.17. The maximum atomic E-state index is 14.5. The molecule has 0 aliphatic rings. The average Bonchev–Trinajstić information content (AvgIpc) is 2.80. The van der Waals surface area contributed by atoms with E-state index in [9.17, 15) is 31.1 Å². The molecule has 1 aromatic heterocycles. The fourth-order valence-electron chi connectivity index (χ4n) is 3.47. The highest BCUT2D eigenvalue weighted by Gasteiger charge is 2.33. The molecule has 192 valence electrons. The van der Waals surface area contributed by atoms with Gasteiger partial charge in [0, 0.05) is 29.0 Å². The largest absolute Gasteiger partial charge is 0.755 e. The first-order chi connectivity index (χ1) is 16.9. The second-order valence-electron chi connectivity index (χ2n) is 7.75. The van der Waals surface area contributed by atoms with Crippen molar-refractivity contribution in [3.05, 3.63) is 82.3 Å². The highest BCUT2D eigenvalue weighted by atomic mass is 35.5. The summed E-state index contributed by atoms with van der Waals surface area (Å²) in [5.41, 5.74) is 5.19. The number of anilines is 3. The number of rotatable bonds is 9. The van der Waals surface area contributed by atoms with Crippen LogP contribution < -0.4 is 15.4 Å². The van der Waals surface area contributed by atoms with E-state index >= 15 is 0 Å². The van der Waals surface area contributed by atoms with Crippen LogP contribution in [0.5, 0.6) is 0 Å². The van der Waals surface area contributed by atoms with Crippen LogP contribution in [0.3, 0.4) is 0 Å². The summed E-state index contributed by atoms with van der Waals surface area (Å²) in [6.07, 6.45) is -4.58. The van der Waals surface area contributed by atoms with Crippen LogP contribution in [-0.2, 0) is 28.7 Å². The molecule has 2 aromatic carbocycles. The molecule has 0 saturated heterocycles. The Bertz CT molecular complexity index is 1280. The summed E-state index contributed by atoms with van der Waals surface area (Å²) in [5, 5.41) is 3.27. The van der Waals surface area contributed by atoms with E-state index in [0.29, 0.717) is 20.6 Å². The smallest absolute Gasteiger partial charge is 0.433 e. The molecule has 36 heavy (non-hydrogen) atoms. The first kappa shape index (κ1) is 27.4. The van der Waals surface area contributed by atoms with E-state index < -0.39 is 40.8 Å². The van der Waals surface area contributed by atoms with Gasteiger partial charge in [-0.2, -0.15) is 13.2 Å². The standard InChI is InChI=1S/C23H21ClF4N4O3S/c1-32(36(34)35)19-10-3-14(12-18(19)25)17(21(29)33)9-2-13-4-11-20(23(26,27)28)31-22(13)30-16-7-5-15(24)6-8-16/h3-8,10-12,17H,2,9H2,1H3,(H2,29,33)(H,30,31)(H,34,35)/p-1. The Morgan fingerprint density at radius 3 is 2.42 bits per heavy atom. The molecular weight excluding hydrogens is 524 g/mol. The molecule has 0 bridgehead atoms. The molecular formula is C23H20ClF4N4O3S-. The van der Waals surface area contributed by atoms with Crippen molar-refractivity contribution in [2.45, 2.75) is 24.9 Å². The quantitative estimate of drug-likeness (QED) is 0.289. The number of primary amides is 1. The van der Waals surface area contributed by atoms with E-state index in [1.54, 1.807) is 24.3 Å². The van der Waals surface area contributed by atoms with Gasteiger partial charge in [-0.25, -0.2) is 9.37 Å². The maximum absolute atomic E-state index is 14.5. The lowest BCUT2D eigenvalue weighted by atomic mass is 9.91. The number of alkyl halides is 3. The van der Waals surface area contributed by atoms with Gasteiger partial charge in [0.05, 0.1) is 11.6 Å². The van der Waals surface area contributed by atoms with E-state index in [-0.39, 0.29) is 29.9 Å². The van der Waals surface area contributed by atoms with Gasteiger partial charge in [0.15, 0.2) is 0 Å². The fraction of sp³-hybridized carbons (Fsp3) is 0.217. The van der Waals surface area contributed by atoms with E-state index in [2.05, 4.69) is 10.3 Å². The van der Waals surface area contributed by atoms with Crippen molar-refractivity contribution in [1.29, 1.82) is 0 Å². The number of hydrogen-bond donors (Lipinski definition) is 2. The lowest BCUT2D eigenvalue weighted by Gasteiger charge is -2.23. The third kappa shape index (κ3) is 6.71. The van der Waals surface area contributed by atoms with Gasteiger partial charge in [0.1, 0.15) is 17.3 Å². The minimum atomic E-state index is -4.68. The molecule has 3 N–H and O–H groups in total. The third-order valence-corrected chi connectivity index (χ3v) is 6.25. The Morgan fingerprint density at radius 2 is 1.86 bits per heavy atom. The van der Waals surface area contributed by atoms with Crippen LogP contribution >= 0.6 is 11.6 Å². The van der Waals surface area contributed by atoms with Crippen LogP contribution in [0.2, 0.25) is 5.02 Å². The number of halogens is 5. The highest BCUT2D eigenvalue weighted by Crippen LogP contribution is 2.33. The summed E-state index contributed by atoms with van der Waals surface area (Å²) in [6, 6.07) is 11.9. The highest BCUT2D eigenvalue weighted by molar-refractivity contribution is 7.80. The molecule has 0 spiro atoms. The van der Waals surface area contributed by atoms with Gasteiger partial charge in [0.2, 0.25) is 5.91 Å². The van der Waals surface area contributed by atoms with Crippen molar-refractivity contribution >= 4 is 46.0 Å². The molecule has 0 aliphatic carbocycles. The van der Waals surface area contributed by atoms with Crippen LogP contribution in [0.15, 0.2) is 54.6 Å². The van der Waals surface area contributed by atoms with Crippen LogP contribution in [0, 0.1) is 5.82 Å². The number of hydrogen-bond acceptors (Lipinski definition) is 5. The fourth-order valence-corrected chi connectivity index (χ4v) is 3.91. The summed E-state index contributed by atoms with van der Waals surface area (Å²) in [6.45, 7) is 0. The SMILES string of the molecule is CN(c1ccc(C(CCc2ccc(C(F)(F)F)nc2Nc2ccc(Cl)cc2)C(N)=O)cc1F)S(=O)[O-]. The van der Waals surface area contributed by atoms with Gasteiger partial charge in [-0.1, -0.05) is 23.7 Å². The van der Waals surface area contributed by atoms with Crippen LogP contribution in [0.1, 0.15) is 29.2 Å². The summed E-state index contributed by atoms with van der Waals surface area (Å²) in [7, 11) is 1.15. The number of pyridine rings is 1. The summed E-state index contributed by atoms with van der Waals surface area (Å²) in [5.74, 6) is -2.74. The molecule has 13 heteroatoms. The third-order valence-electron chi connectivity index (χ3n) is 5.36. The first-order valence-corrected chi connectivity index (χ1v) is 11.8. The molecule has 1 amide bonds. The Hall–Kier alpha value is -3.22. The summed E-state index contributed by atoms with van der Waals surface area (Å²) < 4.78 is 77.2. The minimum Gasteiger partial charge on any atom is -0.755 e. The number of benzene rings is 2. The van der Waals surface area contributed by atoms with Gasteiger partial charge in [-0.15, -0.1) is 0 Å².